The lowest BCUT2D eigenvalue weighted by atomic mass is 9.51. The maximum atomic E-state index is 15.4. The van der Waals surface area contributed by atoms with E-state index < -0.39 is 11.2 Å². The van der Waals surface area contributed by atoms with Crippen molar-refractivity contribution in [3.8, 4) is 5.82 Å². The minimum atomic E-state index is -1.12. The molecule has 5 fully saturated rings. The highest BCUT2D eigenvalue weighted by atomic mass is 19.1. The molecule has 1 amide bonds. The average Bonchev–Trinajstić information content (AvgIpc) is 3.37. The number of carbonyl (C=O) groups excluding carboxylic acids is 1. The number of fused-ring (bicyclic) bond motifs is 3. The molecular formula is C24H28FN5O2. The summed E-state index contributed by atoms with van der Waals surface area (Å²) in [6, 6.07) is 0. The number of nitrogens with zero attached hydrogens (tertiary/aromatic N) is 4. The third-order valence-corrected chi connectivity index (χ3v) is 8.97. The Balaban J connectivity index is 1.27. The number of alkyl halides is 1. The Morgan fingerprint density at radius 2 is 2.06 bits per heavy atom. The van der Waals surface area contributed by atoms with Crippen LogP contribution in [0.15, 0.2) is 18.6 Å². The zero-order valence-corrected chi connectivity index (χ0v) is 18.1. The van der Waals surface area contributed by atoms with E-state index >= 15 is 4.39 Å². The van der Waals surface area contributed by atoms with Crippen LogP contribution < -0.4 is 10.0 Å². The Morgan fingerprint density at radius 3 is 2.81 bits per heavy atom. The van der Waals surface area contributed by atoms with Crippen molar-refractivity contribution >= 4 is 5.91 Å². The summed E-state index contributed by atoms with van der Waals surface area (Å²) in [5, 5.41) is 19.9. The standard InChI is InChI=1S/C24H28FN5O2/c25-23-8-14-6-15(9-23)11-24(10-14,13-23)27-22(31)21-20-17-3-1-2-16(17)7-18(20)30(28-21)19-12-29(32)5-4-26-19/h4-5,12,14-17H,1-3,6-11,13H2,(H,27,31)/t14-,15+,16?,17?,23+,24-. The summed E-state index contributed by atoms with van der Waals surface area (Å²) < 4.78 is 17.8. The van der Waals surface area contributed by atoms with E-state index in [0.29, 0.717) is 59.2 Å². The van der Waals surface area contributed by atoms with Gasteiger partial charge in [0.2, 0.25) is 12.0 Å². The molecule has 0 radical (unpaired) electrons. The van der Waals surface area contributed by atoms with Gasteiger partial charge in [-0.05, 0) is 75.0 Å². The van der Waals surface area contributed by atoms with Crippen molar-refractivity contribution in [3.63, 3.8) is 0 Å². The fourth-order valence-corrected chi connectivity index (χ4v) is 8.39. The van der Waals surface area contributed by atoms with E-state index in [2.05, 4.69) is 10.3 Å². The molecule has 0 saturated heterocycles. The summed E-state index contributed by atoms with van der Waals surface area (Å²) in [7, 11) is 0. The van der Waals surface area contributed by atoms with Crippen LogP contribution in [0.5, 0.6) is 0 Å². The van der Waals surface area contributed by atoms with Crippen molar-refractivity contribution in [2.75, 3.05) is 0 Å². The molecule has 4 bridgehead atoms. The Kier molecular flexibility index (Phi) is 3.74. The molecule has 32 heavy (non-hydrogen) atoms. The first-order chi connectivity index (χ1) is 15.4. The molecule has 2 heterocycles. The SMILES string of the molecule is O=C(N[C@@]12C[C@@H]3C[C@@H](C[C@@](F)(C3)C1)C2)c1nn(-c2c[n+]([O-])ccn2)c2c1C1CCCC1C2. The van der Waals surface area contributed by atoms with E-state index in [-0.39, 0.29) is 5.91 Å². The molecule has 6 atom stereocenters. The van der Waals surface area contributed by atoms with Crippen molar-refractivity contribution in [2.24, 2.45) is 17.8 Å². The zero-order chi connectivity index (χ0) is 21.7. The second-order valence-electron chi connectivity index (χ2n) is 11.2. The summed E-state index contributed by atoms with van der Waals surface area (Å²) in [4.78, 5) is 18.0. The van der Waals surface area contributed by atoms with Gasteiger partial charge in [-0.3, -0.25) is 4.79 Å². The summed E-state index contributed by atoms with van der Waals surface area (Å²) in [5.41, 5.74) is 0.943. The van der Waals surface area contributed by atoms with E-state index in [0.717, 1.165) is 49.8 Å². The van der Waals surface area contributed by atoms with Crippen LogP contribution >= 0.6 is 0 Å². The number of aromatic nitrogens is 4. The van der Waals surface area contributed by atoms with Crippen molar-refractivity contribution in [1.82, 2.24) is 20.1 Å². The van der Waals surface area contributed by atoms with Gasteiger partial charge in [-0.1, -0.05) is 6.42 Å². The minimum Gasteiger partial charge on any atom is -0.619 e. The van der Waals surface area contributed by atoms with Crippen molar-refractivity contribution in [3.05, 3.63) is 40.7 Å². The van der Waals surface area contributed by atoms with Crippen molar-refractivity contribution in [2.45, 2.75) is 81.3 Å². The minimum absolute atomic E-state index is 0.177. The Labute approximate surface area is 186 Å². The van der Waals surface area contributed by atoms with Gasteiger partial charge >= 0.3 is 0 Å². The molecule has 8 rings (SSSR count). The van der Waals surface area contributed by atoms with Crippen LogP contribution in [0.4, 0.5) is 4.39 Å². The first-order valence-corrected chi connectivity index (χ1v) is 12.1. The molecule has 6 aliphatic carbocycles. The van der Waals surface area contributed by atoms with Gasteiger partial charge in [-0.15, -0.1) is 0 Å². The number of amides is 1. The van der Waals surface area contributed by atoms with Gasteiger partial charge in [-0.2, -0.15) is 9.83 Å². The monoisotopic (exact) mass is 437 g/mol. The fourth-order valence-electron chi connectivity index (χ4n) is 8.39. The highest BCUT2D eigenvalue weighted by molar-refractivity contribution is 5.95. The molecule has 8 heteroatoms. The van der Waals surface area contributed by atoms with Crippen LogP contribution in [0.25, 0.3) is 5.82 Å². The Bertz CT molecular complexity index is 1120. The molecule has 168 valence electrons. The van der Waals surface area contributed by atoms with Gasteiger partial charge < -0.3 is 10.5 Å². The normalized spacial score (nSPS) is 38.7. The van der Waals surface area contributed by atoms with Crippen LogP contribution in [0.2, 0.25) is 0 Å². The van der Waals surface area contributed by atoms with Crippen LogP contribution in [-0.2, 0) is 6.42 Å². The van der Waals surface area contributed by atoms with E-state index in [1.165, 1.54) is 25.0 Å². The second-order valence-corrected chi connectivity index (χ2v) is 11.2. The van der Waals surface area contributed by atoms with E-state index in [9.17, 15) is 10.0 Å². The number of hydrogen-bond donors (Lipinski definition) is 1. The summed E-state index contributed by atoms with van der Waals surface area (Å²) in [6.45, 7) is 0. The van der Waals surface area contributed by atoms with Crippen LogP contribution in [-0.4, -0.2) is 31.9 Å². The molecule has 0 aromatic carbocycles. The first-order valence-electron chi connectivity index (χ1n) is 12.1. The third kappa shape index (κ3) is 2.70. The number of hydrogen-bond acceptors (Lipinski definition) is 4. The van der Waals surface area contributed by atoms with Crippen molar-refractivity contribution in [1.29, 1.82) is 0 Å². The molecule has 0 aliphatic heterocycles. The number of nitrogens with one attached hydrogen (secondary N) is 1. The van der Waals surface area contributed by atoms with Crippen molar-refractivity contribution < 1.29 is 13.9 Å². The quantitative estimate of drug-likeness (QED) is 0.590. The van der Waals surface area contributed by atoms with E-state index in [1.807, 2.05) is 0 Å². The molecule has 5 saturated carbocycles. The fraction of sp³-hybridized carbons (Fsp3) is 0.667. The van der Waals surface area contributed by atoms with Gasteiger partial charge in [0.05, 0.1) is 11.9 Å². The average molecular weight is 438 g/mol. The van der Waals surface area contributed by atoms with Crippen LogP contribution in [0, 0.1) is 23.0 Å². The highest BCUT2D eigenvalue weighted by Crippen LogP contribution is 2.59. The molecule has 2 aromatic heterocycles. The first kappa shape index (κ1) is 19.0. The molecule has 1 N–H and O–H groups in total. The van der Waals surface area contributed by atoms with Crippen LogP contribution in [0.3, 0.4) is 0 Å². The molecule has 6 aliphatic rings. The molecule has 2 aromatic rings. The van der Waals surface area contributed by atoms with E-state index in [4.69, 9.17) is 5.10 Å². The topological polar surface area (TPSA) is 86.8 Å². The van der Waals surface area contributed by atoms with Gasteiger partial charge in [0.25, 0.3) is 5.91 Å². The van der Waals surface area contributed by atoms with Crippen LogP contribution in [0.1, 0.15) is 85.5 Å². The molecule has 2 unspecified atom stereocenters. The predicted molar refractivity (Wildman–Crippen MR) is 113 cm³/mol. The number of carbonyl (C=O) groups is 1. The van der Waals surface area contributed by atoms with Gasteiger partial charge in [0.1, 0.15) is 5.67 Å². The maximum absolute atomic E-state index is 15.4. The Morgan fingerprint density at radius 1 is 1.25 bits per heavy atom. The molecule has 0 spiro atoms. The third-order valence-electron chi connectivity index (χ3n) is 8.97. The zero-order valence-electron chi connectivity index (χ0n) is 18.1. The lowest BCUT2D eigenvalue weighted by molar-refractivity contribution is -0.605. The van der Waals surface area contributed by atoms with Gasteiger partial charge in [0, 0.05) is 17.5 Å². The smallest absolute Gasteiger partial charge is 0.272 e. The lowest BCUT2D eigenvalue weighted by Gasteiger charge is -2.59. The highest BCUT2D eigenvalue weighted by Gasteiger charge is 2.59. The number of rotatable bonds is 3. The molecular weight excluding hydrogens is 409 g/mol. The summed E-state index contributed by atoms with van der Waals surface area (Å²) >= 11 is 0. The second kappa shape index (κ2) is 6.29. The lowest BCUT2D eigenvalue weighted by Crippen LogP contribution is -2.64. The Hall–Kier alpha value is -2.51. The summed E-state index contributed by atoms with van der Waals surface area (Å²) in [5.74, 6) is 1.89. The van der Waals surface area contributed by atoms with E-state index in [1.54, 1.807) is 4.68 Å². The van der Waals surface area contributed by atoms with Gasteiger partial charge in [-0.25, -0.2) is 14.1 Å². The predicted octanol–water partition coefficient (Wildman–Crippen LogP) is 3.13. The molecule has 7 nitrogen and oxygen atoms in total. The summed E-state index contributed by atoms with van der Waals surface area (Å²) in [6.07, 6.45) is 13.1. The maximum Gasteiger partial charge on any atom is 0.272 e. The van der Waals surface area contributed by atoms with Gasteiger partial charge in [0.15, 0.2) is 11.9 Å². The number of halogens is 1. The largest absolute Gasteiger partial charge is 0.619 e.